The summed E-state index contributed by atoms with van der Waals surface area (Å²) >= 11 is 5.64. The largest absolute Gasteiger partial charge is 0.292 e. The molecular formula is C21H18ClNO. The van der Waals surface area contributed by atoms with Gasteiger partial charge in [0.15, 0.2) is 0 Å². The summed E-state index contributed by atoms with van der Waals surface area (Å²) in [6, 6.07) is 30.3. The maximum Gasteiger partial charge on any atom is 0.235 e. The van der Waals surface area contributed by atoms with E-state index in [1.54, 1.807) is 0 Å². The topological polar surface area (TPSA) is 29.1 Å². The fraction of sp³-hybridized carbons (Fsp3) is 0.0952. The highest BCUT2D eigenvalue weighted by atomic mass is 35.5. The molecule has 0 aliphatic carbocycles. The van der Waals surface area contributed by atoms with Crippen LogP contribution in [0.2, 0.25) is 0 Å². The quantitative estimate of drug-likeness (QED) is 0.536. The van der Waals surface area contributed by atoms with E-state index >= 15 is 0 Å². The van der Waals surface area contributed by atoms with E-state index in [1.165, 1.54) is 0 Å². The molecule has 0 amide bonds. The van der Waals surface area contributed by atoms with E-state index in [2.05, 4.69) is 41.7 Å². The van der Waals surface area contributed by atoms with Gasteiger partial charge in [-0.05, 0) is 28.3 Å². The highest BCUT2D eigenvalue weighted by Gasteiger charge is 2.35. The first kappa shape index (κ1) is 16.4. The average molecular weight is 336 g/mol. The number of hydrogen-bond acceptors (Lipinski definition) is 2. The van der Waals surface area contributed by atoms with Gasteiger partial charge in [0.25, 0.3) is 0 Å². The Morgan fingerprint density at radius 1 is 0.708 bits per heavy atom. The van der Waals surface area contributed by atoms with Crippen LogP contribution < -0.4 is 5.32 Å². The van der Waals surface area contributed by atoms with Crippen LogP contribution in [0.4, 0.5) is 0 Å². The molecule has 0 heterocycles. The first-order valence-corrected chi connectivity index (χ1v) is 8.21. The van der Waals surface area contributed by atoms with Gasteiger partial charge in [0.05, 0.1) is 12.1 Å². The van der Waals surface area contributed by atoms with Crippen LogP contribution >= 0.6 is 11.6 Å². The van der Waals surface area contributed by atoms with Crippen molar-refractivity contribution < 1.29 is 4.79 Å². The third-order valence-electron chi connectivity index (χ3n) is 4.11. The Balaban J connectivity index is 2.26. The molecule has 3 aromatic rings. The van der Waals surface area contributed by atoms with Crippen molar-refractivity contribution in [3.63, 3.8) is 0 Å². The summed E-state index contributed by atoms with van der Waals surface area (Å²) in [5.41, 5.74) is 2.52. The molecule has 3 aromatic carbocycles. The predicted molar refractivity (Wildman–Crippen MR) is 98.1 cm³/mol. The van der Waals surface area contributed by atoms with Gasteiger partial charge in [-0.25, -0.2) is 0 Å². The minimum absolute atomic E-state index is 0.0697. The summed E-state index contributed by atoms with van der Waals surface area (Å²) in [5, 5.41) is 2.99. The van der Waals surface area contributed by atoms with Crippen molar-refractivity contribution in [3.8, 4) is 0 Å². The molecule has 1 N–H and O–H groups in total. The summed E-state index contributed by atoms with van der Waals surface area (Å²) in [5.74, 6) is 0. The number of nitrogens with one attached hydrogen (secondary N) is 1. The van der Waals surface area contributed by atoms with Gasteiger partial charge in [0.2, 0.25) is 5.24 Å². The number of benzene rings is 3. The number of rotatable bonds is 6. The lowest BCUT2D eigenvalue weighted by Gasteiger charge is -2.36. The van der Waals surface area contributed by atoms with Gasteiger partial charge in [0, 0.05) is 0 Å². The molecular weight excluding hydrogens is 318 g/mol. The minimum Gasteiger partial charge on any atom is -0.292 e. The molecule has 0 spiro atoms. The van der Waals surface area contributed by atoms with Gasteiger partial charge in [-0.1, -0.05) is 91.0 Å². The number of hydrogen-bond donors (Lipinski definition) is 1. The first-order chi connectivity index (χ1) is 11.7. The molecule has 0 atom stereocenters. The number of carbonyl (C=O) groups is 1. The van der Waals surface area contributed by atoms with Crippen LogP contribution in [-0.2, 0) is 10.3 Å². The van der Waals surface area contributed by atoms with Crippen LogP contribution in [0.3, 0.4) is 0 Å². The Morgan fingerprint density at radius 3 is 1.33 bits per heavy atom. The first-order valence-electron chi connectivity index (χ1n) is 7.83. The van der Waals surface area contributed by atoms with Gasteiger partial charge in [-0.2, -0.15) is 0 Å². The zero-order valence-corrected chi connectivity index (χ0v) is 13.9. The minimum atomic E-state index is -0.645. The van der Waals surface area contributed by atoms with Gasteiger partial charge in [-0.15, -0.1) is 0 Å². The highest BCUT2D eigenvalue weighted by molar-refractivity contribution is 6.64. The van der Waals surface area contributed by atoms with Crippen molar-refractivity contribution >= 4 is 16.8 Å². The predicted octanol–water partition coefficient (Wildman–Crippen LogP) is 4.33. The Morgan fingerprint density at radius 2 is 1.04 bits per heavy atom. The normalized spacial score (nSPS) is 11.2. The lowest BCUT2D eigenvalue weighted by molar-refractivity contribution is -0.111. The van der Waals surface area contributed by atoms with Crippen LogP contribution in [0.1, 0.15) is 16.7 Å². The summed E-state index contributed by atoms with van der Waals surface area (Å²) in [6.45, 7) is 0.0697. The standard InChI is InChI=1S/C21H18ClNO/c22-20(24)16-23-21(17-10-4-1-5-11-17,18-12-6-2-7-13-18)19-14-8-3-9-15-19/h1-15,23H,16H2. The van der Waals surface area contributed by atoms with Crippen molar-refractivity contribution in [1.29, 1.82) is 0 Å². The second-order valence-corrected chi connectivity index (χ2v) is 5.98. The fourth-order valence-corrected chi connectivity index (χ4v) is 3.14. The molecule has 120 valence electrons. The molecule has 0 unspecified atom stereocenters. The lowest BCUT2D eigenvalue weighted by Crippen LogP contribution is -2.46. The maximum absolute atomic E-state index is 11.5. The van der Waals surface area contributed by atoms with Crippen LogP contribution in [0.5, 0.6) is 0 Å². The molecule has 0 bridgehead atoms. The third-order valence-corrected chi connectivity index (χ3v) is 4.25. The van der Waals surface area contributed by atoms with Crippen molar-refractivity contribution in [1.82, 2.24) is 5.32 Å². The van der Waals surface area contributed by atoms with E-state index in [4.69, 9.17) is 11.6 Å². The average Bonchev–Trinajstić information content (AvgIpc) is 2.65. The molecule has 3 heteroatoms. The monoisotopic (exact) mass is 335 g/mol. The van der Waals surface area contributed by atoms with E-state index in [-0.39, 0.29) is 6.54 Å². The molecule has 24 heavy (non-hydrogen) atoms. The highest BCUT2D eigenvalue weighted by Crippen LogP contribution is 2.36. The third kappa shape index (κ3) is 3.25. The molecule has 0 aliphatic rings. The molecule has 0 saturated heterocycles. The zero-order chi connectivity index (χ0) is 16.8. The maximum atomic E-state index is 11.5. The molecule has 0 aliphatic heterocycles. The zero-order valence-electron chi connectivity index (χ0n) is 13.2. The van der Waals surface area contributed by atoms with Crippen molar-refractivity contribution in [2.45, 2.75) is 5.54 Å². The van der Waals surface area contributed by atoms with Crippen LogP contribution in [0.25, 0.3) is 0 Å². The molecule has 0 radical (unpaired) electrons. The fourth-order valence-electron chi connectivity index (χ4n) is 3.07. The SMILES string of the molecule is O=C(Cl)CNC(c1ccccc1)(c1ccccc1)c1ccccc1. The van der Waals surface area contributed by atoms with Crippen molar-refractivity contribution in [2.75, 3.05) is 6.54 Å². The Labute approximate surface area is 147 Å². The van der Waals surface area contributed by atoms with E-state index < -0.39 is 10.8 Å². The molecule has 3 rings (SSSR count). The number of carbonyl (C=O) groups excluding carboxylic acids is 1. The summed E-state index contributed by atoms with van der Waals surface area (Å²) in [4.78, 5) is 11.5. The van der Waals surface area contributed by atoms with E-state index in [0.717, 1.165) is 16.7 Å². The van der Waals surface area contributed by atoms with Crippen LogP contribution in [0, 0.1) is 0 Å². The van der Waals surface area contributed by atoms with Gasteiger partial charge in [-0.3, -0.25) is 10.1 Å². The van der Waals surface area contributed by atoms with Crippen LogP contribution in [-0.4, -0.2) is 11.8 Å². The van der Waals surface area contributed by atoms with Crippen LogP contribution in [0.15, 0.2) is 91.0 Å². The van der Waals surface area contributed by atoms with E-state index in [0.29, 0.717) is 0 Å². The Bertz CT molecular complexity index is 691. The molecule has 0 saturated carbocycles. The van der Waals surface area contributed by atoms with Crippen molar-refractivity contribution in [2.24, 2.45) is 0 Å². The second kappa shape index (κ2) is 7.43. The van der Waals surface area contributed by atoms with Crippen molar-refractivity contribution in [3.05, 3.63) is 108 Å². The lowest BCUT2D eigenvalue weighted by atomic mass is 9.77. The summed E-state index contributed by atoms with van der Waals surface area (Å²) < 4.78 is 0. The molecule has 2 nitrogen and oxygen atoms in total. The van der Waals surface area contributed by atoms with E-state index in [1.807, 2.05) is 54.6 Å². The summed E-state index contributed by atoms with van der Waals surface area (Å²) in [7, 11) is 0. The Kier molecular flexibility index (Phi) is 5.09. The second-order valence-electron chi connectivity index (χ2n) is 5.56. The summed E-state index contributed by atoms with van der Waals surface area (Å²) in [6.07, 6.45) is 0. The smallest absolute Gasteiger partial charge is 0.235 e. The van der Waals surface area contributed by atoms with E-state index in [9.17, 15) is 4.79 Å². The molecule has 0 fully saturated rings. The van der Waals surface area contributed by atoms with Gasteiger partial charge >= 0.3 is 0 Å². The number of halogens is 1. The van der Waals surface area contributed by atoms with Gasteiger partial charge in [0.1, 0.15) is 0 Å². The Hall–Kier alpha value is -2.42. The molecule has 0 aromatic heterocycles. The van der Waals surface area contributed by atoms with Gasteiger partial charge < -0.3 is 0 Å².